The first-order chi connectivity index (χ1) is 6.61. The van der Waals surface area contributed by atoms with Crippen LogP contribution in [0.3, 0.4) is 0 Å². The SMILES string of the molecule is CCCS(=O)(=O)N1CCCCC1CN.Cl. The van der Waals surface area contributed by atoms with E-state index < -0.39 is 10.0 Å². The molecule has 4 nitrogen and oxygen atoms in total. The lowest BCUT2D eigenvalue weighted by Gasteiger charge is -2.33. The van der Waals surface area contributed by atoms with Crippen LogP contribution in [0, 0.1) is 0 Å². The maximum atomic E-state index is 11.8. The number of piperidine rings is 1. The van der Waals surface area contributed by atoms with Crippen LogP contribution in [0.4, 0.5) is 0 Å². The smallest absolute Gasteiger partial charge is 0.214 e. The molecule has 1 heterocycles. The van der Waals surface area contributed by atoms with Crippen LogP contribution in [0.25, 0.3) is 0 Å². The van der Waals surface area contributed by atoms with Crippen molar-refractivity contribution in [2.75, 3.05) is 18.8 Å². The van der Waals surface area contributed by atoms with Gasteiger partial charge in [-0.2, -0.15) is 4.31 Å². The van der Waals surface area contributed by atoms with E-state index in [2.05, 4.69) is 0 Å². The number of halogens is 1. The summed E-state index contributed by atoms with van der Waals surface area (Å²) in [7, 11) is -3.04. The van der Waals surface area contributed by atoms with Crippen molar-refractivity contribution in [1.82, 2.24) is 4.31 Å². The highest BCUT2D eigenvalue weighted by atomic mass is 35.5. The first-order valence-electron chi connectivity index (χ1n) is 5.31. The molecule has 0 amide bonds. The van der Waals surface area contributed by atoms with Crippen LogP contribution in [0.2, 0.25) is 0 Å². The summed E-state index contributed by atoms with van der Waals surface area (Å²) >= 11 is 0. The van der Waals surface area contributed by atoms with Gasteiger partial charge in [0.25, 0.3) is 0 Å². The van der Waals surface area contributed by atoms with Crippen molar-refractivity contribution in [3.8, 4) is 0 Å². The highest BCUT2D eigenvalue weighted by Gasteiger charge is 2.30. The number of nitrogens with two attached hydrogens (primary N) is 1. The van der Waals surface area contributed by atoms with Crippen molar-refractivity contribution >= 4 is 22.4 Å². The lowest BCUT2D eigenvalue weighted by Crippen LogP contribution is -2.48. The van der Waals surface area contributed by atoms with Crippen LogP contribution < -0.4 is 5.73 Å². The van der Waals surface area contributed by atoms with Crippen molar-refractivity contribution < 1.29 is 8.42 Å². The van der Waals surface area contributed by atoms with Gasteiger partial charge in [-0.25, -0.2) is 8.42 Å². The molecule has 92 valence electrons. The number of hydrogen-bond acceptors (Lipinski definition) is 3. The van der Waals surface area contributed by atoms with Crippen LogP contribution in [-0.2, 0) is 10.0 Å². The molecule has 1 atom stereocenters. The summed E-state index contributed by atoms with van der Waals surface area (Å²) in [5, 5.41) is 0. The minimum atomic E-state index is -3.04. The number of sulfonamides is 1. The summed E-state index contributed by atoms with van der Waals surface area (Å²) in [6.07, 6.45) is 3.66. The monoisotopic (exact) mass is 256 g/mol. The Morgan fingerprint density at radius 3 is 2.60 bits per heavy atom. The molecular formula is C9H21ClN2O2S. The van der Waals surface area contributed by atoms with Crippen molar-refractivity contribution in [3.63, 3.8) is 0 Å². The molecule has 0 radical (unpaired) electrons. The fourth-order valence-corrected chi connectivity index (χ4v) is 3.75. The average molecular weight is 257 g/mol. The molecule has 0 bridgehead atoms. The summed E-state index contributed by atoms with van der Waals surface area (Å²) < 4.78 is 25.3. The van der Waals surface area contributed by atoms with Gasteiger partial charge in [-0.1, -0.05) is 13.3 Å². The molecule has 1 aliphatic heterocycles. The Labute approximate surface area is 98.7 Å². The number of rotatable bonds is 4. The van der Waals surface area contributed by atoms with Crippen LogP contribution in [0.1, 0.15) is 32.6 Å². The van der Waals surface area contributed by atoms with E-state index in [0.717, 1.165) is 19.3 Å². The van der Waals surface area contributed by atoms with Crippen molar-refractivity contribution in [3.05, 3.63) is 0 Å². The second-order valence-corrected chi connectivity index (χ2v) is 5.85. The summed E-state index contributed by atoms with van der Waals surface area (Å²) in [6.45, 7) is 2.99. The Morgan fingerprint density at radius 2 is 2.07 bits per heavy atom. The highest BCUT2D eigenvalue weighted by molar-refractivity contribution is 7.89. The van der Waals surface area contributed by atoms with E-state index >= 15 is 0 Å². The van der Waals surface area contributed by atoms with Crippen molar-refractivity contribution in [2.24, 2.45) is 5.73 Å². The second kappa shape index (κ2) is 6.68. The van der Waals surface area contributed by atoms with E-state index in [1.54, 1.807) is 4.31 Å². The summed E-state index contributed by atoms with van der Waals surface area (Å²) in [6, 6.07) is 0.0419. The third-order valence-electron chi connectivity index (χ3n) is 2.66. The predicted molar refractivity (Wildman–Crippen MR) is 64.7 cm³/mol. The highest BCUT2D eigenvalue weighted by Crippen LogP contribution is 2.20. The molecule has 0 aliphatic carbocycles. The number of nitrogens with zero attached hydrogens (tertiary/aromatic N) is 1. The third kappa shape index (κ3) is 3.90. The quantitative estimate of drug-likeness (QED) is 0.815. The van der Waals surface area contributed by atoms with E-state index in [4.69, 9.17) is 5.73 Å². The van der Waals surface area contributed by atoms with Gasteiger partial charge in [0.05, 0.1) is 5.75 Å². The lowest BCUT2D eigenvalue weighted by atomic mass is 10.1. The molecule has 0 saturated carbocycles. The molecule has 6 heteroatoms. The van der Waals surface area contributed by atoms with E-state index in [1.807, 2.05) is 6.92 Å². The normalized spacial score (nSPS) is 23.5. The lowest BCUT2D eigenvalue weighted by molar-refractivity contribution is 0.257. The van der Waals surface area contributed by atoms with E-state index in [0.29, 0.717) is 19.5 Å². The Bertz CT molecular complexity index is 269. The molecule has 1 saturated heterocycles. The van der Waals surface area contributed by atoms with E-state index in [9.17, 15) is 8.42 Å². The van der Waals surface area contributed by atoms with Gasteiger partial charge in [-0.05, 0) is 19.3 Å². The molecule has 1 rings (SSSR count). The zero-order valence-corrected chi connectivity index (χ0v) is 10.8. The first kappa shape index (κ1) is 15.2. The Kier molecular flexibility index (Phi) is 6.75. The molecule has 2 N–H and O–H groups in total. The van der Waals surface area contributed by atoms with Crippen molar-refractivity contribution in [1.29, 1.82) is 0 Å². The molecule has 0 aromatic carbocycles. The van der Waals surface area contributed by atoms with Gasteiger partial charge in [-0.15, -0.1) is 12.4 Å². The predicted octanol–water partition coefficient (Wildman–Crippen LogP) is 0.961. The maximum absolute atomic E-state index is 11.8. The molecule has 0 spiro atoms. The number of hydrogen-bond donors (Lipinski definition) is 1. The van der Waals surface area contributed by atoms with Crippen LogP contribution in [0.15, 0.2) is 0 Å². The van der Waals surface area contributed by atoms with Gasteiger partial charge in [-0.3, -0.25) is 0 Å². The summed E-state index contributed by atoms with van der Waals surface area (Å²) in [4.78, 5) is 0. The van der Waals surface area contributed by atoms with E-state index in [1.165, 1.54) is 0 Å². The topological polar surface area (TPSA) is 63.4 Å². The minimum absolute atomic E-state index is 0. The molecule has 1 aliphatic rings. The fourth-order valence-electron chi connectivity index (χ4n) is 1.95. The fraction of sp³-hybridized carbons (Fsp3) is 1.00. The summed E-state index contributed by atoms with van der Waals surface area (Å²) in [5.41, 5.74) is 5.58. The molecule has 15 heavy (non-hydrogen) atoms. The standard InChI is InChI=1S/C9H20N2O2S.ClH/c1-2-7-14(12,13)11-6-4-3-5-9(11)8-10;/h9H,2-8,10H2,1H3;1H. The Hall–Kier alpha value is 0.160. The third-order valence-corrected chi connectivity index (χ3v) is 4.78. The van der Waals surface area contributed by atoms with Gasteiger partial charge in [0.2, 0.25) is 10.0 Å². The molecule has 1 unspecified atom stereocenters. The minimum Gasteiger partial charge on any atom is -0.329 e. The molecular weight excluding hydrogens is 236 g/mol. The second-order valence-electron chi connectivity index (χ2n) is 3.81. The van der Waals surface area contributed by atoms with Crippen molar-refractivity contribution in [2.45, 2.75) is 38.6 Å². The van der Waals surface area contributed by atoms with Gasteiger partial charge < -0.3 is 5.73 Å². The van der Waals surface area contributed by atoms with E-state index in [-0.39, 0.29) is 24.2 Å². The summed E-state index contributed by atoms with van der Waals surface area (Å²) in [5.74, 6) is 0.253. The first-order valence-corrected chi connectivity index (χ1v) is 6.92. The van der Waals surface area contributed by atoms with Gasteiger partial charge in [0, 0.05) is 19.1 Å². The zero-order valence-electron chi connectivity index (χ0n) is 9.18. The average Bonchev–Trinajstić information content (AvgIpc) is 2.18. The van der Waals surface area contributed by atoms with Crippen LogP contribution >= 0.6 is 12.4 Å². The van der Waals surface area contributed by atoms with Gasteiger partial charge >= 0.3 is 0 Å². The zero-order chi connectivity index (χ0) is 10.6. The van der Waals surface area contributed by atoms with Gasteiger partial charge in [0.1, 0.15) is 0 Å². The molecule has 0 aromatic heterocycles. The Morgan fingerprint density at radius 1 is 1.40 bits per heavy atom. The Balaban J connectivity index is 0.00000196. The molecule has 0 aromatic rings. The van der Waals surface area contributed by atoms with Crippen LogP contribution in [0.5, 0.6) is 0 Å². The molecule has 1 fully saturated rings. The van der Waals surface area contributed by atoms with Crippen LogP contribution in [-0.4, -0.2) is 37.6 Å². The maximum Gasteiger partial charge on any atom is 0.214 e. The van der Waals surface area contributed by atoms with Gasteiger partial charge in [0.15, 0.2) is 0 Å². The largest absolute Gasteiger partial charge is 0.329 e.